The maximum absolute atomic E-state index is 13.1. The van der Waals surface area contributed by atoms with Crippen molar-refractivity contribution in [2.75, 3.05) is 32.8 Å². The third-order valence-electron chi connectivity index (χ3n) is 5.28. The van der Waals surface area contributed by atoms with Gasteiger partial charge < -0.3 is 20.1 Å². The van der Waals surface area contributed by atoms with Crippen LogP contribution in [0.1, 0.15) is 45.1 Å². The summed E-state index contributed by atoms with van der Waals surface area (Å²) in [6, 6.07) is 0. The number of H-pyrrole nitrogens is 1. The molecule has 1 aliphatic heterocycles. The van der Waals surface area contributed by atoms with Gasteiger partial charge in [0, 0.05) is 30.2 Å². The van der Waals surface area contributed by atoms with Gasteiger partial charge in [-0.05, 0) is 25.7 Å². The standard InChI is InChI=1S/C19H24N6O4/c26-17(15-9-20-5-6-21-15)22-10-19(28)11-25(7-8-29-12-19)18(27)16-13-3-1-2-4-14(13)23-24-16/h5-6,9,28H,1-4,7-8,10-12H2,(H,22,26)(H,23,24)/t19-/m0/s1. The molecule has 1 saturated heterocycles. The van der Waals surface area contributed by atoms with Crippen LogP contribution in [0.3, 0.4) is 0 Å². The Morgan fingerprint density at radius 2 is 2.17 bits per heavy atom. The Kier molecular flexibility index (Phi) is 5.54. The van der Waals surface area contributed by atoms with Crippen LogP contribution in [0.4, 0.5) is 0 Å². The van der Waals surface area contributed by atoms with E-state index in [1.165, 1.54) is 18.6 Å². The number of nitrogens with zero attached hydrogens (tertiary/aromatic N) is 4. The van der Waals surface area contributed by atoms with Crippen LogP contribution in [-0.4, -0.2) is 80.4 Å². The van der Waals surface area contributed by atoms with Crippen molar-refractivity contribution in [3.8, 4) is 0 Å². The molecule has 0 unspecified atom stereocenters. The van der Waals surface area contributed by atoms with Crippen molar-refractivity contribution in [2.24, 2.45) is 0 Å². The monoisotopic (exact) mass is 400 g/mol. The summed E-state index contributed by atoms with van der Waals surface area (Å²) in [5, 5.41) is 20.9. The van der Waals surface area contributed by atoms with Crippen LogP contribution in [0.25, 0.3) is 0 Å². The summed E-state index contributed by atoms with van der Waals surface area (Å²) in [5.74, 6) is -0.677. The maximum Gasteiger partial charge on any atom is 0.274 e. The SMILES string of the molecule is O=C(NC[C@@]1(O)COCCN(C(=O)c2n[nH]c3c2CCCC3)C1)c1cnccn1. The van der Waals surface area contributed by atoms with Crippen LogP contribution >= 0.6 is 0 Å². The minimum atomic E-state index is -1.42. The Morgan fingerprint density at radius 3 is 3.00 bits per heavy atom. The second kappa shape index (κ2) is 8.26. The molecule has 0 spiro atoms. The van der Waals surface area contributed by atoms with Crippen molar-refractivity contribution in [3.63, 3.8) is 0 Å². The molecule has 2 aromatic rings. The molecule has 0 bridgehead atoms. The first kappa shape index (κ1) is 19.5. The van der Waals surface area contributed by atoms with E-state index < -0.39 is 11.5 Å². The Bertz CT molecular complexity index is 886. The first-order valence-corrected chi connectivity index (χ1v) is 9.75. The fourth-order valence-corrected chi connectivity index (χ4v) is 3.76. The lowest BCUT2D eigenvalue weighted by molar-refractivity contribution is -0.0324. The summed E-state index contributed by atoms with van der Waals surface area (Å²) in [7, 11) is 0. The number of rotatable bonds is 4. The van der Waals surface area contributed by atoms with E-state index in [0.29, 0.717) is 18.8 Å². The van der Waals surface area contributed by atoms with Gasteiger partial charge in [0.1, 0.15) is 11.3 Å². The third kappa shape index (κ3) is 4.28. The van der Waals surface area contributed by atoms with Crippen LogP contribution in [0, 0.1) is 0 Å². The van der Waals surface area contributed by atoms with Gasteiger partial charge in [-0.1, -0.05) is 0 Å². The highest BCUT2D eigenvalue weighted by molar-refractivity contribution is 5.94. The largest absolute Gasteiger partial charge is 0.384 e. The van der Waals surface area contributed by atoms with E-state index in [-0.39, 0.29) is 31.3 Å². The van der Waals surface area contributed by atoms with Crippen LogP contribution in [0.15, 0.2) is 18.6 Å². The lowest BCUT2D eigenvalue weighted by Gasteiger charge is -2.30. The Morgan fingerprint density at radius 1 is 1.31 bits per heavy atom. The Balaban J connectivity index is 1.44. The van der Waals surface area contributed by atoms with E-state index in [1.54, 1.807) is 4.90 Å². The zero-order chi connectivity index (χ0) is 20.3. The number of aliphatic hydroxyl groups is 1. The number of hydrogen-bond donors (Lipinski definition) is 3. The zero-order valence-corrected chi connectivity index (χ0v) is 16.1. The molecule has 0 radical (unpaired) electrons. The summed E-state index contributed by atoms with van der Waals surface area (Å²) >= 11 is 0. The summed E-state index contributed by atoms with van der Waals surface area (Å²) in [6.45, 7) is 0.620. The average Bonchev–Trinajstić information content (AvgIpc) is 3.08. The molecule has 154 valence electrons. The molecule has 2 amide bonds. The lowest BCUT2D eigenvalue weighted by atomic mass is 9.95. The summed E-state index contributed by atoms with van der Waals surface area (Å²) in [5.41, 5.74) is 1.16. The summed E-state index contributed by atoms with van der Waals surface area (Å²) in [6.07, 6.45) is 8.09. The molecular weight excluding hydrogens is 376 g/mol. The molecule has 2 aromatic heterocycles. The van der Waals surface area contributed by atoms with Gasteiger partial charge in [-0.3, -0.25) is 19.7 Å². The van der Waals surface area contributed by atoms with E-state index in [2.05, 4.69) is 25.5 Å². The third-order valence-corrected chi connectivity index (χ3v) is 5.28. The van der Waals surface area contributed by atoms with Crippen molar-refractivity contribution in [1.29, 1.82) is 0 Å². The number of aromatic nitrogens is 4. The molecule has 3 heterocycles. The van der Waals surface area contributed by atoms with E-state index in [4.69, 9.17) is 4.74 Å². The fraction of sp³-hybridized carbons (Fsp3) is 0.526. The van der Waals surface area contributed by atoms with E-state index in [9.17, 15) is 14.7 Å². The van der Waals surface area contributed by atoms with Crippen molar-refractivity contribution in [1.82, 2.24) is 30.4 Å². The molecule has 29 heavy (non-hydrogen) atoms. The number of nitrogens with one attached hydrogen (secondary N) is 2. The second-order valence-corrected chi connectivity index (χ2v) is 7.51. The van der Waals surface area contributed by atoms with E-state index >= 15 is 0 Å². The van der Waals surface area contributed by atoms with Crippen LogP contribution in [0.2, 0.25) is 0 Å². The van der Waals surface area contributed by atoms with Crippen LogP contribution in [0.5, 0.6) is 0 Å². The predicted octanol–water partition coefficient (Wildman–Crippen LogP) is -0.288. The predicted molar refractivity (Wildman–Crippen MR) is 101 cm³/mol. The molecule has 4 rings (SSSR count). The van der Waals surface area contributed by atoms with Gasteiger partial charge in [-0.25, -0.2) is 4.98 Å². The summed E-state index contributed by atoms with van der Waals surface area (Å²) in [4.78, 5) is 34.7. The smallest absolute Gasteiger partial charge is 0.274 e. The number of aromatic amines is 1. The number of fused-ring (bicyclic) bond motifs is 1. The molecule has 0 aromatic carbocycles. The minimum absolute atomic E-state index is 0.0101. The first-order chi connectivity index (χ1) is 14.1. The maximum atomic E-state index is 13.1. The van der Waals surface area contributed by atoms with Gasteiger partial charge in [-0.15, -0.1) is 0 Å². The molecule has 1 atom stereocenters. The van der Waals surface area contributed by atoms with Crippen molar-refractivity contribution in [3.05, 3.63) is 41.2 Å². The number of ether oxygens (including phenoxy) is 1. The molecule has 3 N–H and O–H groups in total. The van der Waals surface area contributed by atoms with Crippen molar-refractivity contribution in [2.45, 2.75) is 31.3 Å². The molecule has 10 heteroatoms. The van der Waals surface area contributed by atoms with Gasteiger partial charge in [0.05, 0.1) is 32.5 Å². The summed E-state index contributed by atoms with van der Waals surface area (Å²) < 4.78 is 5.51. The number of carbonyl (C=O) groups excluding carboxylic acids is 2. The second-order valence-electron chi connectivity index (χ2n) is 7.51. The Hall–Kier alpha value is -2.85. The lowest BCUT2D eigenvalue weighted by Crippen LogP contribution is -2.53. The van der Waals surface area contributed by atoms with E-state index in [0.717, 1.165) is 36.9 Å². The topological polar surface area (TPSA) is 133 Å². The number of carbonyl (C=O) groups is 2. The highest BCUT2D eigenvalue weighted by Crippen LogP contribution is 2.24. The number of aryl methyl sites for hydroxylation is 1. The number of hydrogen-bond acceptors (Lipinski definition) is 7. The van der Waals surface area contributed by atoms with Gasteiger partial charge in [-0.2, -0.15) is 5.10 Å². The van der Waals surface area contributed by atoms with E-state index in [1.807, 2.05) is 0 Å². The van der Waals surface area contributed by atoms with Gasteiger partial charge in [0.25, 0.3) is 11.8 Å². The van der Waals surface area contributed by atoms with Crippen LogP contribution < -0.4 is 5.32 Å². The number of amides is 2. The quantitative estimate of drug-likeness (QED) is 0.642. The van der Waals surface area contributed by atoms with Gasteiger partial charge >= 0.3 is 0 Å². The van der Waals surface area contributed by atoms with Gasteiger partial charge in [0.2, 0.25) is 0 Å². The Labute approximate surface area is 167 Å². The fourth-order valence-electron chi connectivity index (χ4n) is 3.76. The molecule has 10 nitrogen and oxygen atoms in total. The van der Waals surface area contributed by atoms with Crippen molar-refractivity contribution < 1.29 is 19.4 Å². The van der Waals surface area contributed by atoms with Gasteiger partial charge in [0.15, 0.2) is 5.69 Å². The normalized spacial score (nSPS) is 21.9. The average molecular weight is 400 g/mol. The highest BCUT2D eigenvalue weighted by atomic mass is 16.5. The molecule has 1 aliphatic carbocycles. The van der Waals surface area contributed by atoms with Crippen molar-refractivity contribution >= 4 is 11.8 Å². The first-order valence-electron chi connectivity index (χ1n) is 9.75. The van der Waals surface area contributed by atoms with Crippen LogP contribution in [-0.2, 0) is 17.6 Å². The number of β-amino-alcohol motifs (C(OH)–C–C–N with tert-alkyl or cyclic N) is 1. The zero-order valence-electron chi connectivity index (χ0n) is 16.1. The molecule has 1 fully saturated rings. The minimum Gasteiger partial charge on any atom is -0.384 e. The molecule has 2 aliphatic rings. The molecular formula is C19H24N6O4. The molecule has 0 saturated carbocycles. The highest BCUT2D eigenvalue weighted by Gasteiger charge is 2.36.